The van der Waals surface area contributed by atoms with Gasteiger partial charge in [-0.05, 0) is 43.4 Å². The molecule has 1 rings (SSSR count). The zero-order valence-electron chi connectivity index (χ0n) is 11.5. The minimum absolute atomic E-state index is 0.491. The van der Waals surface area contributed by atoms with Gasteiger partial charge in [0.1, 0.15) is 0 Å². The summed E-state index contributed by atoms with van der Waals surface area (Å²) >= 11 is 5.60. The van der Waals surface area contributed by atoms with E-state index in [0.717, 1.165) is 11.7 Å². The Morgan fingerprint density at radius 3 is 2.53 bits per heavy atom. The van der Waals surface area contributed by atoms with Crippen LogP contribution in [0.2, 0.25) is 0 Å². The highest BCUT2D eigenvalue weighted by Crippen LogP contribution is 2.48. The summed E-state index contributed by atoms with van der Waals surface area (Å²) in [5.74, 6) is 0.491. The molecule has 0 spiro atoms. The molecule has 1 atom stereocenters. The van der Waals surface area contributed by atoms with Crippen LogP contribution in [-0.4, -0.2) is 13.7 Å². The predicted molar refractivity (Wildman–Crippen MR) is 81.6 cm³/mol. The van der Waals surface area contributed by atoms with Gasteiger partial charge >= 0.3 is 0 Å². The van der Waals surface area contributed by atoms with Gasteiger partial charge in [0.05, 0.1) is 13.7 Å². The SMILES string of the molecule is CCC=C(NOC)OP(=S)(OCC)c1ccccc1. The standard InChI is InChI=1S/C13H20NO3PS/c1-4-9-13(14-15-3)17-18(19,16-5-2)12-10-7-6-8-11-12/h6-11,14H,4-5H2,1-3H3. The maximum absolute atomic E-state index is 5.87. The fraction of sp³-hybridized carbons (Fsp3) is 0.385. The first kappa shape index (κ1) is 16.2. The molecule has 1 unspecified atom stereocenters. The van der Waals surface area contributed by atoms with Crippen LogP contribution in [0.4, 0.5) is 0 Å². The quantitative estimate of drug-likeness (QED) is 0.454. The normalized spacial score (nSPS) is 14.8. The summed E-state index contributed by atoms with van der Waals surface area (Å²) in [6, 6.07) is 9.63. The van der Waals surface area contributed by atoms with Crippen LogP contribution in [0.1, 0.15) is 20.3 Å². The monoisotopic (exact) mass is 301 g/mol. The van der Waals surface area contributed by atoms with Gasteiger partial charge in [-0.15, -0.1) is 0 Å². The summed E-state index contributed by atoms with van der Waals surface area (Å²) < 4.78 is 11.6. The first-order chi connectivity index (χ1) is 9.16. The molecule has 106 valence electrons. The molecule has 0 aliphatic carbocycles. The minimum atomic E-state index is -2.56. The molecule has 0 fully saturated rings. The number of hydrogen-bond acceptors (Lipinski definition) is 5. The van der Waals surface area contributed by atoms with Gasteiger partial charge in [0.2, 0.25) is 5.88 Å². The molecule has 0 saturated heterocycles. The summed E-state index contributed by atoms with van der Waals surface area (Å²) in [5, 5.41) is 0.881. The maximum atomic E-state index is 5.87. The van der Waals surface area contributed by atoms with Gasteiger partial charge in [-0.2, -0.15) is 0 Å². The van der Waals surface area contributed by atoms with Crippen LogP contribution in [0.3, 0.4) is 0 Å². The third kappa shape index (κ3) is 4.96. The lowest BCUT2D eigenvalue weighted by Crippen LogP contribution is -2.17. The first-order valence-electron chi connectivity index (χ1n) is 6.15. The Kier molecular flexibility index (Phi) is 7.10. The number of hydrogen-bond donors (Lipinski definition) is 1. The fourth-order valence-corrected chi connectivity index (χ4v) is 3.92. The molecule has 0 saturated carbocycles. The average molecular weight is 301 g/mol. The van der Waals surface area contributed by atoms with E-state index in [2.05, 4.69) is 5.48 Å². The molecule has 0 amide bonds. The summed E-state index contributed by atoms with van der Waals surface area (Å²) in [6.45, 7) is 1.84. The van der Waals surface area contributed by atoms with Crippen molar-refractivity contribution in [2.45, 2.75) is 20.3 Å². The van der Waals surface area contributed by atoms with Gasteiger partial charge < -0.3 is 9.05 Å². The third-order valence-corrected chi connectivity index (χ3v) is 5.32. The van der Waals surface area contributed by atoms with E-state index in [4.69, 9.17) is 25.7 Å². The minimum Gasteiger partial charge on any atom is -0.422 e. The molecule has 6 heteroatoms. The van der Waals surface area contributed by atoms with Crippen LogP contribution < -0.4 is 10.8 Å². The van der Waals surface area contributed by atoms with E-state index in [-0.39, 0.29) is 0 Å². The zero-order valence-corrected chi connectivity index (χ0v) is 13.2. The van der Waals surface area contributed by atoms with Crippen molar-refractivity contribution in [1.82, 2.24) is 5.48 Å². The Morgan fingerprint density at radius 1 is 1.32 bits per heavy atom. The molecular formula is C13H20NO3PS. The number of hydroxylamine groups is 1. The van der Waals surface area contributed by atoms with Crippen LogP contribution in [-0.2, 0) is 25.7 Å². The van der Waals surface area contributed by atoms with Gasteiger partial charge in [-0.25, -0.2) is 5.48 Å². The zero-order chi connectivity index (χ0) is 14.1. The average Bonchev–Trinajstić information content (AvgIpc) is 2.40. The van der Waals surface area contributed by atoms with Gasteiger partial charge in [-0.3, -0.25) is 4.84 Å². The number of allylic oxidation sites excluding steroid dienone is 1. The summed E-state index contributed by atoms with van der Waals surface area (Å²) in [7, 11) is 1.53. The van der Waals surface area contributed by atoms with Gasteiger partial charge in [0.25, 0.3) is 6.49 Å². The van der Waals surface area contributed by atoms with Crippen LogP contribution in [0.15, 0.2) is 42.3 Å². The highest BCUT2D eigenvalue weighted by Gasteiger charge is 2.24. The van der Waals surface area contributed by atoms with Gasteiger partial charge in [-0.1, -0.05) is 25.1 Å². The summed E-state index contributed by atoms with van der Waals surface area (Å²) in [5.41, 5.74) is 2.69. The Balaban J connectivity index is 3.00. The molecule has 0 aliphatic heterocycles. The molecule has 19 heavy (non-hydrogen) atoms. The van der Waals surface area contributed by atoms with Crippen molar-refractivity contribution in [2.24, 2.45) is 0 Å². The second-order valence-electron chi connectivity index (χ2n) is 3.62. The van der Waals surface area contributed by atoms with E-state index in [1.54, 1.807) is 0 Å². The molecule has 0 aliphatic rings. The molecule has 0 aromatic heterocycles. The first-order valence-corrected chi connectivity index (χ1v) is 8.79. The van der Waals surface area contributed by atoms with E-state index >= 15 is 0 Å². The van der Waals surface area contributed by atoms with Crippen molar-refractivity contribution in [3.63, 3.8) is 0 Å². The lowest BCUT2D eigenvalue weighted by atomic mass is 10.4. The lowest BCUT2D eigenvalue weighted by molar-refractivity contribution is 0.0823. The Hall–Kier alpha value is -0.870. The van der Waals surface area contributed by atoms with E-state index in [1.807, 2.05) is 50.3 Å². The van der Waals surface area contributed by atoms with Crippen LogP contribution in [0, 0.1) is 0 Å². The molecule has 1 N–H and O–H groups in total. The summed E-state index contributed by atoms with van der Waals surface area (Å²) in [6.07, 6.45) is 2.68. The number of nitrogens with one attached hydrogen (secondary N) is 1. The van der Waals surface area contributed by atoms with Gasteiger partial charge in [0.15, 0.2) is 0 Å². The molecule has 4 nitrogen and oxygen atoms in total. The van der Waals surface area contributed by atoms with Crippen molar-refractivity contribution in [2.75, 3.05) is 13.7 Å². The third-order valence-electron chi connectivity index (χ3n) is 2.18. The second kappa shape index (κ2) is 8.33. The number of rotatable bonds is 8. The van der Waals surface area contributed by atoms with Crippen LogP contribution in [0.5, 0.6) is 0 Å². The van der Waals surface area contributed by atoms with Gasteiger partial charge in [0, 0.05) is 5.30 Å². The molecule has 0 radical (unpaired) electrons. The summed E-state index contributed by atoms with van der Waals surface area (Å²) in [4.78, 5) is 4.89. The Morgan fingerprint density at radius 2 is 2.00 bits per heavy atom. The Bertz CT molecular complexity index is 450. The second-order valence-corrected chi connectivity index (χ2v) is 7.02. The van der Waals surface area contributed by atoms with Crippen molar-refractivity contribution in [3.05, 3.63) is 42.3 Å². The van der Waals surface area contributed by atoms with Crippen LogP contribution in [0.25, 0.3) is 0 Å². The van der Waals surface area contributed by atoms with Crippen molar-refractivity contribution in [1.29, 1.82) is 0 Å². The van der Waals surface area contributed by atoms with Crippen molar-refractivity contribution in [3.8, 4) is 0 Å². The van der Waals surface area contributed by atoms with E-state index < -0.39 is 6.49 Å². The van der Waals surface area contributed by atoms with Crippen LogP contribution >= 0.6 is 6.49 Å². The largest absolute Gasteiger partial charge is 0.422 e. The van der Waals surface area contributed by atoms with E-state index in [9.17, 15) is 0 Å². The van der Waals surface area contributed by atoms with E-state index in [0.29, 0.717) is 12.5 Å². The van der Waals surface area contributed by atoms with E-state index in [1.165, 1.54) is 7.11 Å². The molecule has 0 heterocycles. The smallest absolute Gasteiger partial charge is 0.270 e. The molecule has 1 aromatic carbocycles. The fourth-order valence-electron chi connectivity index (χ4n) is 1.45. The topological polar surface area (TPSA) is 39.7 Å². The number of benzene rings is 1. The maximum Gasteiger partial charge on any atom is 0.270 e. The molecule has 1 aromatic rings. The Labute approximate surface area is 119 Å². The van der Waals surface area contributed by atoms with Crippen molar-refractivity contribution < 1.29 is 13.9 Å². The molecule has 0 bridgehead atoms. The lowest BCUT2D eigenvalue weighted by Gasteiger charge is -2.24. The predicted octanol–water partition coefficient (Wildman–Crippen LogP) is 3.08. The molecular weight excluding hydrogens is 281 g/mol. The highest BCUT2D eigenvalue weighted by atomic mass is 32.5. The highest BCUT2D eigenvalue weighted by molar-refractivity contribution is 8.13. The van der Waals surface area contributed by atoms with Crippen molar-refractivity contribution >= 4 is 23.6 Å².